The molecule has 1 aromatic heterocycles. The van der Waals surface area contributed by atoms with Crippen LogP contribution in [0.25, 0.3) is 6.08 Å². The lowest BCUT2D eigenvalue weighted by Crippen LogP contribution is -2.40. The summed E-state index contributed by atoms with van der Waals surface area (Å²) in [4.78, 5) is 18.6. The highest BCUT2D eigenvalue weighted by molar-refractivity contribution is 5.82. The molecule has 0 amide bonds. The number of carboxylic acids is 1. The lowest BCUT2D eigenvalue weighted by Gasteiger charge is -2.30. The first kappa shape index (κ1) is 21.7. The zero-order valence-electron chi connectivity index (χ0n) is 18.1. The highest BCUT2D eigenvalue weighted by Crippen LogP contribution is 2.40. The van der Waals surface area contributed by atoms with Gasteiger partial charge in [-0.25, -0.2) is 14.8 Å². The van der Waals surface area contributed by atoms with Crippen molar-refractivity contribution in [1.29, 1.82) is 0 Å². The number of carbonyl (C=O) groups is 1. The van der Waals surface area contributed by atoms with E-state index in [2.05, 4.69) is 63.9 Å². The van der Waals surface area contributed by atoms with Gasteiger partial charge in [0.15, 0.2) is 0 Å². The summed E-state index contributed by atoms with van der Waals surface area (Å²) in [5.74, 6) is -0.557. The molecule has 2 aliphatic carbocycles. The molecule has 2 aliphatic rings. The van der Waals surface area contributed by atoms with E-state index in [4.69, 9.17) is 5.11 Å². The normalized spacial score (nSPS) is 25.9. The molecule has 6 heteroatoms. The number of nitrogens with one attached hydrogen (secondary N) is 2. The lowest BCUT2D eigenvalue weighted by atomic mass is 9.91. The van der Waals surface area contributed by atoms with Crippen molar-refractivity contribution in [1.82, 2.24) is 20.6 Å². The standard InChI is InChI=1S/C25H32N4O2/c1-2-19(12-17-6-4-3-5-7-17)22-13-23(22)29-21-10-8-20(9-11-21)26-14-18-15-27-24(25(30)31)28-16-18/h3-7,12,15-16,20-23,26,29H,2,8-11,13-14H2,1H3,(H,30,31)/t20?,21?,22?,23-/m0/s1. The minimum absolute atomic E-state index is 0.154. The molecule has 1 unspecified atom stereocenters. The molecule has 2 aromatic rings. The molecule has 2 fully saturated rings. The van der Waals surface area contributed by atoms with Crippen molar-refractivity contribution in [2.75, 3.05) is 0 Å². The van der Waals surface area contributed by atoms with E-state index in [0.29, 0.717) is 30.6 Å². The Bertz CT molecular complexity index is 889. The van der Waals surface area contributed by atoms with E-state index in [-0.39, 0.29) is 5.82 Å². The van der Waals surface area contributed by atoms with E-state index < -0.39 is 5.97 Å². The van der Waals surface area contributed by atoms with Crippen molar-refractivity contribution >= 4 is 12.0 Å². The maximum absolute atomic E-state index is 10.8. The molecule has 1 aromatic carbocycles. The first-order chi connectivity index (χ1) is 15.1. The molecule has 6 nitrogen and oxygen atoms in total. The van der Waals surface area contributed by atoms with Crippen molar-refractivity contribution in [3.63, 3.8) is 0 Å². The molecule has 164 valence electrons. The smallest absolute Gasteiger partial charge is 0.373 e. The quantitative estimate of drug-likeness (QED) is 0.567. The molecule has 1 heterocycles. The zero-order valence-corrected chi connectivity index (χ0v) is 18.1. The van der Waals surface area contributed by atoms with Gasteiger partial charge >= 0.3 is 5.97 Å². The van der Waals surface area contributed by atoms with Gasteiger partial charge in [0.05, 0.1) is 0 Å². The number of aromatic nitrogens is 2. The van der Waals surface area contributed by atoms with Crippen LogP contribution in [0.1, 0.15) is 67.2 Å². The minimum Gasteiger partial charge on any atom is -0.475 e. The van der Waals surface area contributed by atoms with Gasteiger partial charge in [-0.05, 0) is 50.0 Å². The van der Waals surface area contributed by atoms with Crippen molar-refractivity contribution in [2.24, 2.45) is 5.92 Å². The molecule has 0 saturated heterocycles. The van der Waals surface area contributed by atoms with Crippen molar-refractivity contribution in [3.8, 4) is 0 Å². The summed E-state index contributed by atoms with van der Waals surface area (Å²) in [7, 11) is 0. The van der Waals surface area contributed by atoms with Gasteiger partial charge in [-0.3, -0.25) is 0 Å². The van der Waals surface area contributed by atoms with Crippen LogP contribution in [0, 0.1) is 5.92 Å². The number of nitrogens with zero attached hydrogens (tertiary/aromatic N) is 2. The van der Waals surface area contributed by atoms with Crippen LogP contribution in [-0.2, 0) is 6.54 Å². The second-order valence-electron chi connectivity index (χ2n) is 8.75. The fourth-order valence-electron chi connectivity index (χ4n) is 4.61. The van der Waals surface area contributed by atoms with Crippen LogP contribution in [-0.4, -0.2) is 39.2 Å². The van der Waals surface area contributed by atoms with E-state index in [1.807, 2.05) is 0 Å². The molecule has 2 saturated carbocycles. The summed E-state index contributed by atoms with van der Waals surface area (Å²) >= 11 is 0. The van der Waals surface area contributed by atoms with Gasteiger partial charge in [-0.15, -0.1) is 0 Å². The van der Waals surface area contributed by atoms with Gasteiger partial charge in [0.2, 0.25) is 5.82 Å². The minimum atomic E-state index is -1.09. The van der Waals surface area contributed by atoms with E-state index >= 15 is 0 Å². The SMILES string of the molecule is CCC(=Cc1ccccc1)C1C[C@@H]1NC1CCC(NCc2cnc(C(=O)O)nc2)CC1. The fourth-order valence-corrected chi connectivity index (χ4v) is 4.61. The van der Waals surface area contributed by atoms with Crippen LogP contribution >= 0.6 is 0 Å². The van der Waals surface area contributed by atoms with E-state index in [9.17, 15) is 4.79 Å². The Kier molecular flexibility index (Phi) is 7.10. The molecule has 0 bridgehead atoms. The lowest BCUT2D eigenvalue weighted by molar-refractivity contribution is 0.0683. The highest BCUT2D eigenvalue weighted by Gasteiger charge is 2.40. The fraction of sp³-hybridized carbons (Fsp3) is 0.480. The zero-order chi connectivity index (χ0) is 21.6. The van der Waals surface area contributed by atoms with Gasteiger partial charge in [-0.1, -0.05) is 48.9 Å². The molecule has 31 heavy (non-hydrogen) atoms. The average Bonchev–Trinajstić information content (AvgIpc) is 3.56. The van der Waals surface area contributed by atoms with Crippen LogP contribution in [0.4, 0.5) is 0 Å². The number of hydrogen-bond donors (Lipinski definition) is 3. The van der Waals surface area contributed by atoms with Gasteiger partial charge < -0.3 is 15.7 Å². The summed E-state index contributed by atoms with van der Waals surface area (Å²) in [6.07, 6.45) is 12.6. The Morgan fingerprint density at radius 2 is 1.77 bits per heavy atom. The van der Waals surface area contributed by atoms with E-state index in [0.717, 1.165) is 24.8 Å². The molecular formula is C25H32N4O2. The van der Waals surface area contributed by atoms with E-state index in [1.54, 1.807) is 18.0 Å². The first-order valence-corrected chi connectivity index (χ1v) is 11.4. The van der Waals surface area contributed by atoms with Gasteiger partial charge in [-0.2, -0.15) is 0 Å². The number of carboxylic acid groups (broad SMARTS) is 1. The number of aromatic carboxylic acids is 1. The predicted octanol–water partition coefficient (Wildman–Crippen LogP) is 4.05. The molecular weight excluding hydrogens is 388 g/mol. The monoisotopic (exact) mass is 420 g/mol. The Morgan fingerprint density at radius 1 is 1.10 bits per heavy atom. The summed E-state index contributed by atoms with van der Waals surface area (Å²) in [5, 5.41) is 16.4. The summed E-state index contributed by atoms with van der Waals surface area (Å²) in [6.45, 7) is 2.94. The topological polar surface area (TPSA) is 87.1 Å². The molecule has 2 atom stereocenters. The van der Waals surface area contributed by atoms with Gasteiger partial charge in [0, 0.05) is 42.6 Å². The first-order valence-electron chi connectivity index (χ1n) is 11.4. The van der Waals surface area contributed by atoms with Crippen LogP contribution < -0.4 is 10.6 Å². The maximum atomic E-state index is 10.8. The Balaban J connectivity index is 1.18. The Morgan fingerprint density at radius 3 is 2.42 bits per heavy atom. The molecule has 0 radical (unpaired) electrons. The van der Waals surface area contributed by atoms with E-state index in [1.165, 1.54) is 24.8 Å². The summed E-state index contributed by atoms with van der Waals surface area (Å²) in [5.41, 5.74) is 3.79. The van der Waals surface area contributed by atoms with Gasteiger partial charge in [0.25, 0.3) is 0 Å². The predicted molar refractivity (Wildman–Crippen MR) is 122 cm³/mol. The Labute approximate surface area is 184 Å². The largest absolute Gasteiger partial charge is 0.475 e. The molecule has 3 N–H and O–H groups in total. The van der Waals surface area contributed by atoms with Crippen molar-refractivity contribution in [3.05, 3.63) is 65.2 Å². The third kappa shape index (κ3) is 5.99. The number of hydrogen-bond acceptors (Lipinski definition) is 5. The van der Waals surface area contributed by atoms with Gasteiger partial charge in [0.1, 0.15) is 0 Å². The van der Waals surface area contributed by atoms with Crippen LogP contribution in [0.15, 0.2) is 48.3 Å². The maximum Gasteiger partial charge on any atom is 0.373 e. The number of rotatable bonds is 9. The van der Waals surface area contributed by atoms with Crippen LogP contribution in [0.2, 0.25) is 0 Å². The number of benzene rings is 1. The average molecular weight is 421 g/mol. The second-order valence-corrected chi connectivity index (χ2v) is 8.75. The highest BCUT2D eigenvalue weighted by atomic mass is 16.4. The third-order valence-corrected chi connectivity index (χ3v) is 6.50. The summed E-state index contributed by atoms with van der Waals surface area (Å²) in [6, 6.07) is 12.4. The summed E-state index contributed by atoms with van der Waals surface area (Å²) < 4.78 is 0. The van der Waals surface area contributed by atoms with Crippen LogP contribution in [0.5, 0.6) is 0 Å². The van der Waals surface area contributed by atoms with Crippen LogP contribution in [0.3, 0.4) is 0 Å². The molecule has 0 aliphatic heterocycles. The molecule has 4 rings (SSSR count). The second kappa shape index (κ2) is 10.2. The molecule has 0 spiro atoms. The third-order valence-electron chi connectivity index (χ3n) is 6.50. The van der Waals surface area contributed by atoms with Crippen molar-refractivity contribution < 1.29 is 9.90 Å². The Hall–Kier alpha value is -2.57. The van der Waals surface area contributed by atoms with Crippen molar-refractivity contribution in [2.45, 2.75) is 70.1 Å².